The molecule has 6 heteroatoms. The summed E-state index contributed by atoms with van der Waals surface area (Å²) in [6.45, 7) is 7.33. The van der Waals surface area contributed by atoms with E-state index in [1.54, 1.807) is 13.1 Å². The fourth-order valence-corrected chi connectivity index (χ4v) is 1.12. The SMILES string of the molecule is C=CC1=C(/C(N)=N\NC)N(N)C(=C)N1. The minimum Gasteiger partial charge on any atom is -0.380 e. The van der Waals surface area contributed by atoms with Crippen molar-refractivity contribution in [2.24, 2.45) is 16.7 Å². The number of nitrogens with two attached hydrogens (primary N) is 2. The average molecular weight is 194 g/mol. The summed E-state index contributed by atoms with van der Waals surface area (Å²) in [4.78, 5) is 0. The van der Waals surface area contributed by atoms with Crippen molar-refractivity contribution in [1.82, 2.24) is 15.8 Å². The van der Waals surface area contributed by atoms with Gasteiger partial charge >= 0.3 is 0 Å². The van der Waals surface area contributed by atoms with E-state index in [1.807, 2.05) is 0 Å². The topological polar surface area (TPSA) is 91.7 Å². The van der Waals surface area contributed by atoms with Crippen LogP contribution in [0.3, 0.4) is 0 Å². The third-order valence-electron chi connectivity index (χ3n) is 1.74. The number of rotatable bonds is 3. The molecule has 0 unspecified atom stereocenters. The van der Waals surface area contributed by atoms with E-state index < -0.39 is 0 Å². The second-order valence-electron chi connectivity index (χ2n) is 2.63. The second-order valence-corrected chi connectivity index (χ2v) is 2.63. The summed E-state index contributed by atoms with van der Waals surface area (Å²) in [5.74, 6) is 6.50. The Morgan fingerprint density at radius 3 is 2.86 bits per heavy atom. The molecule has 0 atom stereocenters. The summed E-state index contributed by atoms with van der Waals surface area (Å²) >= 11 is 0. The predicted molar refractivity (Wildman–Crippen MR) is 56.2 cm³/mol. The van der Waals surface area contributed by atoms with E-state index in [4.69, 9.17) is 11.6 Å². The van der Waals surface area contributed by atoms with Gasteiger partial charge in [-0.2, -0.15) is 5.10 Å². The van der Waals surface area contributed by atoms with Crippen molar-refractivity contribution in [3.63, 3.8) is 0 Å². The van der Waals surface area contributed by atoms with Crippen LogP contribution >= 0.6 is 0 Å². The number of nitrogens with zero attached hydrogens (tertiary/aromatic N) is 2. The van der Waals surface area contributed by atoms with Crippen LogP contribution in [0.4, 0.5) is 0 Å². The van der Waals surface area contributed by atoms with Crippen molar-refractivity contribution < 1.29 is 0 Å². The van der Waals surface area contributed by atoms with E-state index in [2.05, 4.69) is 29.0 Å². The zero-order chi connectivity index (χ0) is 10.7. The van der Waals surface area contributed by atoms with Crippen LogP contribution in [0.25, 0.3) is 0 Å². The fraction of sp³-hybridized carbons (Fsp3) is 0.125. The highest BCUT2D eigenvalue weighted by molar-refractivity contribution is 5.98. The molecule has 0 amide bonds. The Labute approximate surface area is 82.6 Å². The van der Waals surface area contributed by atoms with Crippen LogP contribution in [-0.2, 0) is 0 Å². The number of nitrogens with one attached hydrogen (secondary N) is 2. The first-order chi connectivity index (χ1) is 6.61. The Bertz CT molecular complexity index is 327. The third kappa shape index (κ3) is 1.55. The standard InChI is InChI=1S/C8H14N6/c1-4-6-7(8(9)13-11-3)14(10)5(2)12-6/h4,11-12H,1-2,10H2,3H3,(H2,9,13). The average Bonchev–Trinajstić information content (AvgIpc) is 2.43. The van der Waals surface area contributed by atoms with Gasteiger partial charge in [0.1, 0.15) is 11.5 Å². The maximum Gasteiger partial charge on any atom is 0.170 e. The van der Waals surface area contributed by atoms with Crippen molar-refractivity contribution >= 4 is 5.84 Å². The lowest BCUT2D eigenvalue weighted by Gasteiger charge is -2.14. The van der Waals surface area contributed by atoms with Crippen molar-refractivity contribution in [3.05, 3.63) is 36.4 Å². The molecule has 0 saturated carbocycles. The molecule has 0 aromatic heterocycles. The molecule has 6 N–H and O–H groups in total. The van der Waals surface area contributed by atoms with E-state index in [-0.39, 0.29) is 5.84 Å². The lowest BCUT2D eigenvalue weighted by Crippen LogP contribution is -2.34. The maximum absolute atomic E-state index is 5.70. The molecule has 6 nitrogen and oxygen atoms in total. The molecule has 76 valence electrons. The Balaban J connectivity index is 3.09. The highest BCUT2D eigenvalue weighted by atomic mass is 15.5. The highest BCUT2D eigenvalue weighted by Gasteiger charge is 2.24. The fourth-order valence-electron chi connectivity index (χ4n) is 1.12. The predicted octanol–water partition coefficient (Wildman–Crippen LogP) is -0.874. The van der Waals surface area contributed by atoms with Crippen molar-refractivity contribution in [3.8, 4) is 0 Å². The lowest BCUT2D eigenvalue weighted by molar-refractivity contribution is 0.478. The molecular weight excluding hydrogens is 180 g/mol. The molecule has 14 heavy (non-hydrogen) atoms. The number of hydrogen-bond acceptors (Lipinski definition) is 5. The monoisotopic (exact) mass is 194 g/mol. The molecule has 0 spiro atoms. The maximum atomic E-state index is 5.70. The van der Waals surface area contributed by atoms with Gasteiger partial charge in [-0.15, -0.1) is 0 Å². The zero-order valence-corrected chi connectivity index (χ0v) is 8.04. The van der Waals surface area contributed by atoms with Crippen LogP contribution in [0.1, 0.15) is 0 Å². The minimum absolute atomic E-state index is 0.274. The van der Waals surface area contributed by atoms with Gasteiger partial charge in [-0.1, -0.05) is 13.2 Å². The van der Waals surface area contributed by atoms with Gasteiger partial charge in [0, 0.05) is 7.05 Å². The normalized spacial score (nSPS) is 17.1. The number of hydrogen-bond donors (Lipinski definition) is 4. The Kier molecular flexibility index (Phi) is 2.78. The van der Waals surface area contributed by atoms with Gasteiger partial charge in [0.15, 0.2) is 5.84 Å². The molecule has 0 radical (unpaired) electrons. The van der Waals surface area contributed by atoms with Gasteiger partial charge in [0.25, 0.3) is 0 Å². The molecule has 0 fully saturated rings. The van der Waals surface area contributed by atoms with Gasteiger partial charge in [0.05, 0.1) is 5.70 Å². The molecule has 0 aliphatic carbocycles. The Morgan fingerprint density at radius 1 is 1.71 bits per heavy atom. The zero-order valence-electron chi connectivity index (χ0n) is 8.04. The molecule has 1 heterocycles. The number of allylic oxidation sites excluding steroid dienone is 1. The van der Waals surface area contributed by atoms with Gasteiger partial charge < -0.3 is 16.5 Å². The second kappa shape index (κ2) is 3.84. The van der Waals surface area contributed by atoms with Crippen molar-refractivity contribution in [2.45, 2.75) is 0 Å². The van der Waals surface area contributed by atoms with Crippen molar-refractivity contribution in [2.75, 3.05) is 7.05 Å². The summed E-state index contributed by atoms with van der Waals surface area (Å²) in [6, 6.07) is 0. The quantitative estimate of drug-likeness (QED) is 0.203. The Morgan fingerprint density at radius 2 is 2.36 bits per heavy atom. The van der Waals surface area contributed by atoms with Crippen LogP contribution in [0.2, 0.25) is 0 Å². The third-order valence-corrected chi connectivity index (χ3v) is 1.74. The minimum atomic E-state index is 0.274. The van der Waals surface area contributed by atoms with Gasteiger partial charge in [-0.3, -0.25) is 5.01 Å². The molecule has 0 aromatic rings. The summed E-state index contributed by atoms with van der Waals surface area (Å²) < 4.78 is 0. The summed E-state index contributed by atoms with van der Waals surface area (Å²) in [6.07, 6.45) is 1.60. The van der Waals surface area contributed by atoms with Crippen LogP contribution in [-0.4, -0.2) is 17.9 Å². The van der Waals surface area contributed by atoms with Crippen molar-refractivity contribution in [1.29, 1.82) is 0 Å². The van der Waals surface area contributed by atoms with E-state index in [0.29, 0.717) is 17.2 Å². The molecule has 1 rings (SSSR count). The molecule has 0 bridgehead atoms. The highest BCUT2D eigenvalue weighted by Crippen LogP contribution is 2.18. The first kappa shape index (κ1) is 10.1. The summed E-state index contributed by atoms with van der Waals surface area (Å²) in [5.41, 5.74) is 9.51. The number of hydrazine groups is 1. The molecule has 0 aromatic carbocycles. The van der Waals surface area contributed by atoms with Crippen LogP contribution in [0.5, 0.6) is 0 Å². The van der Waals surface area contributed by atoms with Crippen LogP contribution < -0.4 is 22.3 Å². The van der Waals surface area contributed by atoms with E-state index in [0.717, 1.165) is 0 Å². The van der Waals surface area contributed by atoms with Gasteiger partial charge in [-0.05, 0) is 6.08 Å². The molecule has 1 aliphatic heterocycles. The van der Waals surface area contributed by atoms with E-state index in [1.165, 1.54) is 5.01 Å². The molecular formula is C8H14N6. The number of amidine groups is 1. The summed E-state index contributed by atoms with van der Waals surface area (Å²) in [5, 5.41) is 8.07. The van der Waals surface area contributed by atoms with E-state index in [9.17, 15) is 0 Å². The van der Waals surface area contributed by atoms with Gasteiger partial charge in [0.2, 0.25) is 0 Å². The first-order valence-corrected chi connectivity index (χ1v) is 3.99. The largest absolute Gasteiger partial charge is 0.380 e. The number of hydrazone groups is 1. The molecule has 0 saturated heterocycles. The lowest BCUT2D eigenvalue weighted by atomic mass is 10.3. The van der Waals surface area contributed by atoms with E-state index >= 15 is 0 Å². The first-order valence-electron chi connectivity index (χ1n) is 3.99. The summed E-state index contributed by atoms with van der Waals surface area (Å²) in [7, 11) is 1.65. The smallest absolute Gasteiger partial charge is 0.170 e. The Hall–Kier alpha value is -1.95. The van der Waals surface area contributed by atoms with Gasteiger partial charge in [-0.25, -0.2) is 5.84 Å². The molecule has 1 aliphatic rings. The van der Waals surface area contributed by atoms with Crippen LogP contribution in [0, 0.1) is 0 Å². The van der Waals surface area contributed by atoms with Crippen LogP contribution in [0.15, 0.2) is 41.6 Å².